The monoisotopic (exact) mass is 401 g/mol. The molecule has 2 fully saturated rings. The van der Waals surface area contributed by atoms with E-state index in [1.165, 1.54) is 24.0 Å². The summed E-state index contributed by atoms with van der Waals surface area (Å²) in [5, 5.41) is 10.9. The van der Waals surface area contributed by atoms with Crippen LogP contribution in [-0.2, 0) is 6.42 Å². The molecule has 1 aromatic rings. The second-order valence-electron chi connectivity index (χ2n) is 10.8. The molecule has 0 aromatic heterocycles. The number of fused-ring (bicyclic) bond motifs is 3. The molecule has 0 spiro atoms. The molecule has 3 aliphatic rings. The number of aliphatic hydroxyl groups is 1. The highest BCUT2D eigenvalue weighted by Crippen LogP contribution is 2.46. The van der Waals surface area contributed by atoms with Crippen LogP contribution in [0.25, 0.3) is 0 Å². The Balaban J connectivity index is 1.50. The molecule has 1 saturated heterocycles. The molecule has 1 N–H and O–H groups in total. The average molecular weight is 402 g/mol. The Morgan fingerprint density at radius 2 is 1.90 bits per heavy atom. The Bertz CT molecular complexity index is 726. The molecule has 4 nitrogen and oxygen atoms in total. The summed E-state index contributed by atoms with van der Waals surface area (Å²) in [4.78, 5) is 2.58. The molecular formula is C25H39NO3. The minimum absolute atomic E-state index is 0.232. The first-order valence-corrected chi connectivity index (χ1v) is 11.5. The third-order valence-corrected chi connectivity index (χ3v) is 7.29. The summed E-state index contributed by atoms with van der Waals surface area (Å²) in [6.07, 6.45) is 5.26. The summed E-state index contributed by atoms with van der Waals surface area (Å²) in [6, 6.07) is 4.69. The van der Waals surface area contributed by atoms with Gasteiger partial charge in [-0.25, -0.2) is 0 Å². The molecule has 162 valence electrons. The number of benzene rings is 1. The van der Waals surface area contributed by atoms with E-state index in [2.05, 4.69) is 44.7 Å². The van der Waals surface area contributed by atoms with Gasteiger partial charge in [-0.05, 0) is 72.1 Å². The van der Waals surface area contributed by atoms with E-state index in [9.17, 15) is 5.11 Å². The van der Waals surface area contributed by atoms with Crippen molar-refractivity contribution >= 4 is 0 Å². The lowest BCUT2D eigenvalue weighted by Crippen LogP contribution is -2.48. The number of hydrogen-bond acceptors (Lipinski definition) is 4. The van der Waals surface area contributed by atoms with Crippen LogP contribution < -0.4 is 9.47 Å². The Hall–Kier alpha value is -1.26. The predicted molar refractivity (Wildman–Crippen MR) is 117 cm³/mol. The smallest absolute Gasteiger partial charge is 0.161 e. The molecule has 0 amide bonds. The summed E-state index contributed by atoms with van der Waals surface area (Å²) in [6.45, 7) is 11.9. The largest absolute Gasteiger partial charge is 0.493 e. The first kappa shape index (κ1) is 21.0. The molecule has 1 saturated carbocycles. The van der Waals surface area contributed by atoms with Crippen LogP contribution >= 0.6 is 0 Å². The normalized spacial score (nSPS) is 31.7. The highest BCUT2D eigenvalue weighted by molar-refractivity contribution is 5.49. The Morgan fingerprint density at radius 3 is 2.55 bits per heavy atom. The minimum atomic E-state index is -0.232. The van der Waals surface area contributed by atoms with Gasteiger partial charge in [-0.1, -0.05) is 34.1 Å². The third kappa shape index (κ3) is 4.59. The Labute approximate surface area is 176 Å². The molecule has 29 heavy (non-hydrogen) atoms. The summed E-state index contributed by atoms with van der Waals surface area (Å²) in [5.41, 5.74) is 2.94. The van der Waals surface area contributed by atoms with Crippen molar-refractivity contribution in [3.05, 3.63) is 23.3 Å². The van der Waals surface area contributed by atoms with E-state index in [0.29, 0.717) is 17.9 Å². The molecule has 2 heterocycles. The van der Waals surface area contributed by atoms with Crippen molar-refractivity contribution in [3.63, 3.8) is 0 Å². The van der Waals surface area contributed by atoms with Crippen molar-refractivity contribution in [2.24, 2.45) is 23.2 Å². The van der Waals surface area contributed by atoms with Gasteiger partial charge in [0.05, 0.1) is 19.8 Å². The SMILES string of the molecule is CC[C@@H]1C[C@H]1COc1cc2c(cc1OC)[C@H]1C[C@@H](O)[C@H](CC(C)(C)C)CN1CC2. The molecule has 4 rings (SSSR count). The molecule has 5 atom stereocenters. The summed E-state index contributed by atoms with van der Waals surface area (Å²) >= 11 is 0. The van der Waals surface area contributed by atoms with Crippen LogP contribution in [0.15, 0.2) is 12.1 Å². The molecule has 1 aromatic carbocycles. The van der Waals surface area contributed by atoms with Crippen molar-refractivity contribution in [2.75, 3.05) is 26.8 Å². The van der Waals surface area contributed by atoms with E-state index in [1.807, 2.05) is 0 Å². The van der Waals surface area contributed by atoms with Gasteiger partial charge in [-0.15, -0.1) is 0 Å². The number of nitrogens with zero attached hydrogens (tertiary/aromatic N) is 1. The van der Waals surface area contributed by atoms with Gasteiger partial charge < -0.3 is 14.6 Å². The highest BCUT2D eigenvalue weighted by atomic mass is 16.5. The van der Waals surface area contributed by atoms with Gasteiger partial charge in [0, 0.05) is 19.1 Å². The lowest BCUT2D eigenvalue weighted by Gasteiger charge is -2.47. The second kappa shape index (κ2) is 8.11. The summed E-state index contributed by atoms with van der Waals surface area (Å²) in [5.74, 6) is 3.65. The maximum Gasteiger partial charge on any atom is 0.161 e. The number of piperidine rings is 1. The molecule has 4 heteroatoms. The Kier molecular flexibility index (Phi) is 5.87. The van der Waals surface area contributed by atoms with E-state index >= 15 is 0 Å². The Morgan fingerprint density at radius 1 is 1.10 bits per heavy atom. The van der Waals surface area contributed by atoms with Gasteiger partial charge in [0.15, 0.2) is 11.5 Å². The van der Waals surface area contributed by atoms with E-state index in [4.69, 9.17) is 9.47 Å². The van der Waals surface area contributed by atoms with Crippen LogP contribution in [0, 0.1) is 23.2 Å². The zero-order valence-corrected chi connectivity index (χ0v) is 18.9. The molecule has 1 aliphatic carbocycles. The maximum absolute atomic E-state index is 10.9. The van der Waals surface area contributed by atoms with Gasteiger partial charge in [0.1, 0.15) is 0 Å². The fourth-order valence-corrected chi connectivity index (χ4v) is 5.57. The third-order valence-electron chi connectivity index (χ3n) is 7.29. The zero-order chi connectivity index (χ0) is 20.8. The number of aliphatic hydroxyl groups excluding tert-OH is 1. The van der Waals surface area contributed by atoms with Gasteiger partial charge in [-0.2, -0.15) is 0 Å². The van der Waals surface area contributed by atoms with Gasteiger partial charge >= 0.3 is 0 Å². The fraction of sp³-hybridized carbons (Fsp3) is 0.760. The molecule has 0 unspecified atom stereocenters. The fourth-order valence-electron chi connectivity index (χ4n) is 5.57. The summed E-state index contributed by atoms with van der Waals surface area (Å²) in [7, 11) is 1.73. The van der Waals surface area contributed by atoms with Crippen molar-refractivity contribution < 1.29 is 14.6 Å². The van der Waals surface area contributed by atoms with E-state index in [-0.39, 0.29) is 11.5 Å². The van der Waals surface area contributed by atoms with Crippen molar-refractivity contribution in [2.45, 2.75) is 71.9 Å². The van der Waals surface area contributed by atoms with Crippen molar-refractivity contribution in [1.29, 1.82) is 0 Å². The van der Waals surface area contributed by atoms with E-state index in [0.717, 1.165) is 56.4 Å². The quantitative estimate of drug-likeness (QED) is 0.741. The van der Waals surface area contributed by atoms with Crippen LogP contribution in [0.1, 0.15) is 70.5 Å². The summed E-state index contributed by atoms with van der Waals surface area (Å²) < 4.78 is 11.9. The minimum Gasteiger partial charge on any atom is -0.493 e. The van der Waals surface area contributed by atoms with Gasteiger partial charge in [0.25, 0.3) is 0 Å². The first-order valence-electron chi connectivity index (χ1n) is 11.5. The topological polar surface area (TPSA) is 41.9 Å². The second-order valence-corrected chi connectivity index (χ2v) is 10.8. The molecule has 0 bridgehead atoms. The van der Waals surface area contributed by atoms with E-state index < -0.39 is 0 Å². The number of methoxy groups -OCH3 is 1. The number of rotatable bonds is 6. The molecular weight excluding hydrogens is 362 g/mol. The predicted octanol–water partition coefficient (Wildman–Crippen LogP) is 4.84. The number of hydrogen-bond donors (Lipinski definition) is 1. The van der Waals surface area contributed by atoms with Gasteiger partial charge in [0.2, 0.25) is 0 Å². The van der Waals surface area contributed by atoms with Crippen LogP contribution in [0.2, 0.25) is 0 Å². The molecule has 0 radical (unpaired) electrons. The van der Waals surface area contributed by atoms with Crippen molar-refractivity contribution in [3.8, 4) is 11.5 Å². The maximum atomic E-state index is 10.9. The van der Waals surface area contributed by atoms with Gasteiger partial charge in [-0.3, -0.25) is 4.90 Å². The lowest BCUT2D eigenvalue weighted by atomic mass is 9.75. The van der Waals surface area contributed by atoms with Crippen LogP contribution in [-0.4, -0.2) is 42.9 Å². The highest BCUT2D eigenvalue weighted by Gasteiger charge is 2.40. The van der Waals surface area contributed by atoms with Crippen molar-refractivity contribution in [1.82, 2.24) is 4.90 Å². The first-order chi connectivity index (χ1) is 13.8. The standard InChI is InChI=1S/C25H39NO3/c1-6-16-9-18(16)15-29-24-10-17-7-8-26-14-19(13-25(2,3)4)22(27)12-21(26)20(17)11-23(24)28-5/h10-11,16,18-19,21-22,27H,6-9,12-15H2,1-5H3/t16-,18+,19-,21-,22-/m1/s1. The van der Waals surface area contributed by atoms with Crippen LogP contribution in [0.5, 0.6) is 11.5 Å². The lowest BCUT2D eigenvalue weighted by molar-refractivity contribution is -0.0259. The zero-order valence-electron chi connectivity index (χ0n) is 18.9. The van der Waals surface area contributed by atoms with Crippen LogP contribution in [0.4, 0.5) is 0 Å². The van der Waals surface area contributed by atoms with E-state index in [1.54, 1.807) is 7.11 Å². The number of ether oxygens (including phenoxy) is 2. The average Bonchev–Trinajstić information content (AvgIpc) is 3.44. The van der Waals surface area contributed by atoms with Crippen LogP contribution in [0.3, 0.4) is 0 Å². The molecule has 2 aliphatic heterocycles.